The Labute approximate surface area is 192 Å². The van der Waals surface area contributed by atoms with Crippen molar-refractivity contribution in [1.29, 1.82) is 0 Å². The van der Waals surface area contributed by atoms with Gasteiger partial charge in [-0.3, -0.25) is 9.59 Å². The van der Waals surface area contributed by atoms with Gasteiger partial charge in [0.05, 0.1) is 17.4 Å². The van der Waals surface area contributed by atoms with Crippen LogP contribution in [0.25, 0.3) is 0 Å². The van der Waals surface area contributed by atoms with Crippen molar-refractivity contribution in [3.8, 4) is 0 Å². The molecule has 0 unspecified atom stereocenters. The van der Waals surface area contributed by atoms with E-state index in [4.69, 9.17) is 0 Å². The molecule has 0 aliphatic carbocycles. The average Bonchev–Trinajstić information content (AvgIpc) is 3.12. The first-order valence-electron chi connectivity index (χ1n) is 9.92. The van der Waals surface area contributed by atoms with Crippen molar-refractivity contribution in [3.05, 3.63) is 71.0 Å². The van der Waals surface area contributed by atoms with Crippen LogP contribution in [0.15, 0.2) is 53.7 Å². The van der Waals surface area contributed by atoms with Gasteiger partial charge < -0.3 is 15.2 Å². The molecule has 3 aromatic rings. The Morgan fingerprint density at radius 2 is 1.85 bits per heavy atom. The van der Waals surface area contributed by atoms with Gasteiger partial charge in [-0.15, -0.1) is 10.2 Å². The zero-order chi connectivity index (χ0) is 24.2. The fourth-order valence-corrected chi connectivity index (χ4v) is 3.81. The molecule has 1 heterocycles. The molecule has 1 atom stereocenters. The summed E-state index contributed by atoms with van der Waals surface area (Å²) in [5.41, 5.74) is 0.629. The predicted molar refractivity (Wildman–Crippen MR) is 119 cm³/mol. The average molecular weight is 478 g/mol. The van der Waals surface area contributed by atoms with E-state index in [2.05, 4.69) is 20.8 Å². The number of rotatable bonds is 7. The summed E-state index contributed by atoms with van der Waals surface area (Å²) in [7, 11) is 1.71. The lowest BCUT2D eigenvalue weighted by Crippen LogP contribution is -2.29. The molecule has 0 radical (unpaired) electrons. The number of hydrogen-bond donors (Lipinski definition) is 2. The number of thioether (sulfide) groups is 1. The van der Waals surface area contributed by atoms with Crippen LogP contribution in [0.2, 0.25) is 0 Å². The van der Waals surface area contributed by atoms with E-state index in [-0.39, 0.29) is 17.3 Å². The Morgan fingerprint density at radius 1 is 1.12 bits per heavy atom. The van der Waals surface area contributed by atoms with Crippen molar-refractivity contribution in [2.24, 2.45) is 7.05 Å². The number of anilines is 1. The summed E-state index contributed by atoms with van der Waals surface area (Å²) in [6, 6.07) is 11.2. The van der Waals surface area contributed by atoms with E-state index in [1.54, 1.807) is 30.7 Å². The third-order valence-electron chi connectivity index (χ3n) is 4.80. The number of alkyl halides is 3. The van der Waals surface area contributed by atoms with Crippen LogP contribution in [0.1, 0.15) is 40.3 Å². The van der Waals surface area contributed by atoms with Gasteiger partial charge in [-0.25, -0.2) is 0 Å². The normalized spacial score (nSPS) is 12.3. The molecule has 0 saturated heterocycles. The van der Waals surface area contributed by atoms with E-state index in [0.29, 0.717) is 16.5 Å². The standard InChI is InChI=1S/C22H22F3N5O2S/c1-13-7-4-5-10-17(13)20(32)26-14(2)19-28-29-21(30(19)3)33-12-18(31)27-16-9-6-8-15(11-16)22(23,24)25/h4-11,14H,12H2,1-3H3,(H,26,32)(H,27,31)/t14-/m1/s1. The summed E-state index contributed by atoms with van der Waals surface area (Å²) in [5, 5.41) is 13.9. The molecule has 33 heavy (non-hydrogen) atoms. The second-order valence-electron chi connectivity index (χ2n) is 7.33. The Hall–Kier alpha value is -3.34. The molecule has 3 rings (SSSR count). The number of halogens is 3. The molecule has 174 valence electrons. The molecule has 2 aromatic carbocycles. The van der Waals surface area contributed by atoms with Gasteiger partial charge in [-0.2, -0.15) is 13.2 Å². The molecule has 0 saturated carbocycles. The quantitative estimate of drug-likeness (QED) is 0.494. The predicted octanol–water partition coefficient (Wildman–Crippen LogP) is 4.36. The van der Waals surface area contributed by atoms with Crippen LogP contribution in [-0.4, -0.2) is 32.3 Å². The highest BCUT2D eigenvalue weighted by atomic mass is 32.2. The number of aryl methyl sites for hydroxylation is 1. The first kappa shape index (κ1) is 24.3. The summed E-state index contributed by atoms with van der Waals surface area (Å²) in [6.45, 7) is 3.62. The van der Waals surface area contributed by atoms with Crippen LogP contribution >= 0.6 is 11.8 Å². The number of nitrogens with zero attached hydrogens (tertiary/aromatic N) is 3. The van der Waals surface area contributed by atoms with Crippen molar-refractivity contribution in [2.45, 2.75) is 31.2 Å². The zero-order valence-corrected chi connectivity index (χ0v) is 18.9. The van der Waals surface area contributed by atoms with Crippen LogP contribution in [-0.2, 0) is 18.0 Å². The monoisotopic (exact) mass is 477 g/mol. The maximum absolute atomic E-state index is 12.8. The van der Waals surface area contributed by atoms with Gasteiger partial charge >= 0.3 is 6.18 Å². The smallest absolute Gasteiger partial charge is 0.342 e. The van der Waals surface area contributed by atoms with Crippen molar-refractivity contribution >= 4 is 29.3 Å². The van der Waals surface area contributed by atoms with Gasteiger partial charge in [0.2, 0.25) is 5.91 Å². The molecular formula is C22H22F3N5O2S. The van der Waals surface area contributed by atoms with Crippen LogP contribution in [0.3, 0.4) is 0 Å². The molecule has 2 N–H and O–H groups in total. The Kier molecular flexibility index (Phi) is 7.42. The summed E-state index contributed by atoms with van der Waals surface area (Å²) in [5.74, 6) is -0.299. The molecule has 7 nitrogen and oxygen atoms in total. The van der Waals surface area contributed by atoms with Crippen molar-refractivity contribution in [3.63, 3.8) is 0 Å². The largest absolute Gasteiger partial charge is 0.416 e. The lowest BCUT2D eigenvalue weighted by molar-refractivity contribution is -0.137. The summed E-state index contributed by atoms with van der Waals surface area (Å²) in [4.78, 5) is 24.8. The Bertz CT molecular complexity index is 1160. The van der Waals surface area contributed by atoms with E-state index in [1.165, 1.54) is 12.1 Å². The first-order chi connectivity index (χ1) is 15.6. The van der Waals surface area contributed by atoms with Crippen molar-refractivity contribution < 1.29 is 22.8 Å². The van der Waals surface area contributed by atoms with E-state index < -0.39 is 23.7 Å². The second-order valence-corrected chi connectivity index (χ2v) is 8.27. The Balaban J connectivity index is 1.59. The van der Waals surface area contributed by atoms with Gasteiger partial charge in [0, 0.05) is 18.3 Å². The molecule has 0 bridgehead atoms. The van der Waals surface area contributed by atoms with Crippen LogP contribution in [0.4, 0.5) is 18.9 Å². The van der Waals surface area contributed by atoms with E-state index in [0.717, 1.165) is 29.5 Å². The van der Waals surface area contributed by atoms with Gasteiger partial charge in [0.1, 0.15) is 0 Å². The van der Waals surface area contributed by atoms with Crippen molar-refractivity contribution in [1.82, 2.24) is 20.1 Å². The Morgan fingerprint density at radius 3 is 2.55 bits per heavy atom. The number of benzene rings is 2. The maximum Gasteiger partial charge on any atom is 0.416 e. The molecule has 1 aromatic heterocycles. The number of hydrogen-bond acceptors (Lipinski definition) is 5. The second kappa shape index (κ2) is 10.1. The first-order valence-corrected chi connectivity index (χ1v) is 10.9. The summed E-state index contributed by atoms with van der Waals surface area (Å²) >= 11 is 1.08. The molecule has 11 heteroatoms. The van der Waals surface area contributed by atoms with Crippen LogP contribution in [0.5, 0.6) is 0 Å². The molecule has 0 fully saturated rings. The topological polar surface area (TPSA) is 88.9 Å². The lowest BCUT2D eigenvalue weighted by atomic mass is 10.1. The van der Waals surface area contributed by atoms with E-state index in [1.807, 2.05) is 19.1 Å². The number of amides is 2. The zero-order valence-electron chi connectivity index (χ0n) is 18.1. The number of carbonyl (C=O) groups excluding carboxylic acids is 2. The molecular weight excluding hydrogens is 455 g/mol. The van der Waals surface area contributed by atoms with Gasteiger partial charge in [-0.05, 0) is 43.7 Å². The fraction of sp³-hybridized carbons (Fsp3) is 0.273. The summed E-state index contributed by atoms with van der Waals surface area (Å²) in [6.07, 6.45) is -4.49. The molecule has 0 aliphatic rings. The molecule has 0 aliphatic heterocycles. The van der Waals surface area contributed by atoms with Crippen LogP contribution in [0, 0.1) is 6.92 Å². The van der Waals surface area contributed by atoms with Gasteiger partial charge in [0.15, 0.2) is 11.0 Å². The highest BCUT2D eigenvalue weighted by Gasteiger charge is 2.30. The van der Waals surface area contributed by atoms with E-state index >= 15 is 0 Å². The fourth-order valence-electron chi connectivity index (χ4n) is 3.10. The minimum Gasteiger partial charge on any atom is -0.342 e. The number of aromatic nitrogens is 3. The van der Waals surface area contributed by atoms with Gasteiger partial charge in [0.25, 0.3) is 5.91 Å². The number of carbonyl (C=O) groups is 2. The summed E-state index contributed by atoms with van der Waals surface area (Å²) < 4.78 is 40.1. The number of nitrogens with one attached hydrogen (secondary N) is 2. The molecule has 2 amide bonds. The highest BCUT2D eigenvalue weighted by molar-refractivity contribution is 7.99. The van der Waals surface area contributed by atoms with E-state index in [9.17, 15) is 22.8 Å². The van der Waals surface area contributed by atoms with Gasteiger partial charge in [-0.1, -0.05) is 36.0 Å². The minimum absolute atomic E-state index is 0.0571. The van der Waals surface area contributed by atoms with Crippen molar-refractivity contribution in [2.75, 3.05) is 11.1 Å². The lowest BCUT2D eigenvalue weighted by Gasteiger charge is -2.14. The van der Waals surface area contributed by atoms with Crippen LogP contribution < -0.4 is 10.6 Å². The third kappa shape index (κ3) is 6.13. The third-order valence-corrected chi connectivity index (χ3v) is 5.82. The highest BCUT2D eigenvalue weighted by Crippen LogP contribution is 2.30. The maximum atomic E-state index is 12.8. The molecule has 0 spiro atoms. The SMILES string of the molecule is Cc1ccccc1C(=O)N[C@H](C)c1nnc(SCC(=O)Nc2cccc(C(F)(F)F)c2)n1C. The minimum atomic E-state index is -4.49.